The average Bonchev–Trinajstić information content (AvgIpc) is 1.54. The zero-order chi connectivity index (χ0) is 10.7. The number of carbonyl (C=O) groups excluding carboxylic acids is 3. The summed E-state index contributed by atoms with van der Waals surface area (Å²) in [7, 11) is 0. The van der Waals surface area contributed by atoms with E-state index in [-0.39, 0.29) is 22.3 Å². The van der Waals surface area contributed by atoms with E-state index < -0.39 is 18.5 Å². The third-order valence-corrected chi connectivity index (χ3v) is 0. The van der Waals surface area contributed by atoms with Crippen LogP contribution in [0.5, 0.6) is 0 Å². The van der Waals surface area contributed by atoms with Crippen molar-refractivity contribution >= 4 is 35.3 Å². The molecule has 0 fully saturated rings. The Balaban J connectivity index is -0.0000000184. The fourth-order valence-corrected chi connectivity index (χ4v) is 0. The van der Waals surface area contributed by atoms with Crippen LogP contribution >= 0.6 is 0 Å². The van der Waals surface area contributed by atoms with Gasteiger partial charge >= 0.3 is 16.8 Å². The molecule has 0 spiro atoms. The molecule has 12 heteroatoms. The van der Waals surface area contributed by atoms with Crippen LogP contribution in [0.25, 0.3) is 0 Å². The quantitative estimate of drug-likeness (QED) is 0.352. The van der Waals surface area contributed by atoms with Crippen molar-refractivity contribution in [2.24, 2.45) is 0 Å². The molecule has 0 saturated carbocycles. The largest absolute Gasteiger partial charge is 3.00 e. The monoisotopic (exact) mass is 220 g/mol. The molecule has 0 amide bonds. The average molecular weight is 220 g/mol. The number of carboxylic acid groups (broad SMARTS) is 6. The Morgan fingerprint density at radius 3 is 0.533 bits per heavy atom. The third kappa shape index (κ3) is 264. The van der Waals surface area contributed by atoms with Crippen LogP contribution in [0, 0.1) is 0 Å². The number of carbonyl (C=O) groups is 3. The molecule has 0 aliphatic heterocycles. The molecule has 0 bridgehead atoms. The van der Waals surface area contributed by atoms with Gasteiger partial charge in [0, 0.05) is 0 Å². The van der Waals surface area contributed by atoms with Crippen molar-refractivity contribution in [1.29, 1.82) is 0 Å². The van der Waals surface area contributed by atoms with E-state index in [1.165, 1.54) is 0 Å². The summed E-state index contributed by atoms with van der Waals surface area (Å²) < 4.78 is 0. The normalized spacial score (nSPS) is 4.80. The molecule has 0 atom stereocenters. The standard InChI is InChI=1S/3CH2O3.2B.H2O/c3*2-1(3)4;;;/h3*(H2,2,3,4);;;1H2/q;;;2*+3;/p-6. The Hall–Kier alpha value is -2.10. The summed E-state index contributed by atoms with van der Waals surface area (Å²) in [5.41, 5.74) is 0. The van der Waals surface area contributed by atoms with Gasteiger partial charge in [0.1, 0.15) is 0 Å². The summed E-state index contributed by atoms with van der Waals surface area (Å²) in [5, 5.41) is 50.0. The van der Waals surface area contributed by atoms with Crippen LogP contribution in [-0.4, -0.2) is 40.8 Å². The van der Waals surface area contributed by atoms with E-state index in [0.717, 1.165) is 0 Å². The second-order valence-electron chi connectivity index (χ2n) is 0.750. The minimum atomic E-state index is -2.33. The van der Waals surface area contributed by atoms with E-state index in [0.29, 0.717) is 0 Å². The molecule has 0 rings (SSSR count). The van der Waals surface area contributed by atoms with Gasteiger partial charge in [-0.25, -0.2) is 0 Å². The first kappa shape index (κ1) is 38.4. The third-order valence-electron chi connectivity index (χ3n) is 0. The molecule has 80 valence electrons. The minimum Gasteiger partial charge on any atom is -0.652 e. The van der Waals surface area contributed by atoms with Gasteiger partial charge in [0.2, 0.25) is 0 Å². The maximum absolute atomic E-state index is 8.33. The molecule has 0 aromatic rings. The molecule has 0 aromatic carbocycles. The zero-order valence-corrected chi connectivity index (χ0v) is 6.83. The predicted molar refractivity (Wildman–Crippen MR) is 31.3 cm³/mol. The van der Waals surface area contributed by atoms with Crippen molar-refractivity contribution in [2.45, 2.75) is 0 Å². The van der Waals surface area contributed by atoms with E-state index in [1.54, 1.807) is 0 Å². The van der Waals surface area contributed by atoms with Gasteiger partial charge in [-0.05, 0) is 18.5 Å². The van der Waals surface area contributed by atoms with Crippen LogP contribution in [0.2, 0.25) is 0 Å². The molecule has 10 nitrogen and oxygen atoms in total. The Bertz CT molecular complexity index is 116. The first-order chi connectivity index (χ1) is 5.20. The van der Waals surface area contributed by atoms with Gasteiger partial charge in [0.15, 0.2) is 0 Å². The van der Waals surface area contributed by atoms with Crippen LogP contribution in [-0.2, 0) is 0 Å². The van der Waals surface area contributed by atoms with E-state index in [9.17, 15) is 0 Å². The molecule has 0 heterocycles. The summed E-state index contributed by atoms with van der Waals surface area (Å²) in [4.78, 5) is 25.0. The van der Waals surface area contributed by atoms with Gasteiger partial charge < -0.3 is 50.5 Å². The van der Waals surface area contributed by atoms with E-state index in [2.05, 4.69) is 0 Å². The molecule has 2 N–H and O–H groups in total. The minimum absolute atomic E-state index is 0. The molecular formula is C3H2B2O10. The summed E-state index contributed by atoms with van der Waals surface area (Å²) >= 11 is 0. The maximum atomic E-state index is 8.33. The van der Waals surface area contributed by atoms with Crippen molar-refractivity contribution in [2.75, 3.05) is 0 Å². The fraction of sp³-hybridized carbons (Fsp3) is 0. The topological polar surface area (TPSA) is 221 Å². The van der Waals surface area contributed by atoms with Gasteiger partial charge in [-0.2, -0.15) is 0 Å². The first-order valence-corrected chi connectivity index (χ1v) is 1.84. The Kier molecular flexibility index (Phi) is 76.0. The summed E-state index contributed by atoms with van der Waals surface area (Å²) in [6.45, 7) is 0. The zero-order valence-electron chi connectivity index (χ0n) is 6.83. The van der Waals surface area contributed by atoms with Crippen molar-refractivity contribution in [3.63, 3.8) is 0 Å². The van der Waals surface area contributed by atoms with Crippen molar-refractivity contribution in [1.82, 2.24) is 0 Å². The molecule has 0 aliphatic rings. The van der Waals surface area contributed by atoms with Gasteiger partial charge in [-0.3, -0.25) is 0 Å². The first-order valence-electron chi connectivity index (χ1n) is 1.84. The SMILES string of the molecule is O.O=C([O-])[O-].O=C([O-])[O-].O=C([O-])[O-].[B+3].[B+3]. The van der Waals surface area contributed by atoms with E-state index >= 15 is 0 Å². The van der Waals surface area contributed by atoms with Crippen molar-refractivity contribution in [3.8, 4) is 0 Å². The molecule has 0 saturated heterocycles. The predicted octanol–water partition coefficient (Wildman–Crippen LogP) is -8.93. The number of rotatable bonds is 0. The van der Waals surface area contributed by atoms with Crippen LogP contribution in [0.4, 0.5) is 14.4 Å². The molecule has 0 aliphatic carbocycles. The number of hydrogen-bond acceptors (Lipinski definition) is 9. The van der Waals surface area contributed by atoms with Gasteiger partial charge in [-0.1, -0.05) is 0 Å². The Morgan fingerprint density at radius 1 is 0.533 bits per heavy atom. The van der Waals surface area contributed by atoms with Gasteiger partial charge in [0.05, 0.1) is 0 Å². The van der Waals surface area contributed by atoms with Gasteiger partial charge in [-0.15, -0.1) is 0 Å². The Morgan fingerprint density at radius 2 is 0.533 bits per heavy atom. The summed E-state index contributed by atoms with van der Waals surface area (Å²) in [6, 6.07) is 0. The van der Waals surface area contributed by atoms with Gasteiger partial charge in [0.25, 0.3) is 0 Å². The molecule has 0 aromatic heterocycles. The van der Waals surface area contributed by atoms with Crippen LogP contribution < -0.4 is 30.6 Å². The Labute approximate surface area is 86.9 Å². The molecule has 0 radical (unpaired) electrons. The number of hydrogen-bond donors (Lipinski definition) is 0. The maximum Gasteiger partial charge on any atom is 3.00 e. The van der Waals surface area contributed by atoms with Crippen LogP contribution in [0.3, 0.4) is 0 Å². The smallest absolute Gasteiger partial charge is 0.652 e. The van der Waals surface area contributed by atoms with Crippen LogP contribution in [0.1, 0.15) is 0 Å². The summed E-state index contributed by atoms with van der Waals surface area (Å²) in [6.07, 6.45) is -7.00. The van der Waals surface area contributed by atoms with Crippen LogP contribution in [0.15, 0.2) is 0 Å². The second-order valence-corrected chi connectivity index (χ2v) is 0.750. The van der Waals surface area contributed by atoms with E-state index in [4.69, 9.17) is 45.0 Å². The van der Waals surface area contributed by atoms with Crippen molar-refractivity contribution in [3.05, 3.63) is 0 Å². The molecule has 0 unspecified atom stereocenters. The molecular weight excluding hydrogens is 218 g/mol. The van der Waals surface area contributed by atoms with Crippen molar-refractivity contribution < 1.29 is 50.5 Å². The van der Waals surface area contributed by atoms with E-state index in [1.807, 2.05) is 0 Å². The second kappa shape index (κ2) is 29.7. The summed E-state index contributed by atoms with van der Waals surface area (Å²) in [5.74, 6) is 0. The molecule has 15 heavy (non-hydrogen) atoms. The fourth-order valence-electron chi connectivity index (χ4n) is 0.